The summed E-state index contributed by atoms with van der Waals surface area (Å²) in [6, 6.07) is 7.15. The van der Waals surface area contributed by atoms with Crippen LogP contribution in [0.4, 0.5) is 11.4 Å². The fourth-order valence-electron chi connectivity index (χ4n) is 1.53. The van der Waals surface area contributed by atoms with Crippen LogP contribution in [-0.4, -0.2) is 17.9 Å². The zero-order valence-corrected chi connectivity index (χ0v) is 11.8. The molecule has 1 N–H and O–H groups in total. The standard InChI is InChI=1S/C12H9ClN2O4S/c1-19-9-3-2-7(15(17)18)6-8(9)14-12(16)10-4-5-11(13)20-10/h2-6H,1H3,(H,14,16). The van der Waals surface area contributed by atoms with Gasteiger partial charge in [0.1, 0.15) is 5.75 Å². The largest absolute Gasteiger partial charge is 0.495 e. The minimum absolute atomic E-state index is 0.134. The number of halogens is 1. The average molecular weight is 313 g/mol. The Hall–Kier alpha value is -2.12. The van der Waals surface area contributed by atoms with Gasteiger partial charge in [-0.3, -0.25) is 14.9 Å². The summed E-state index contributed by atoms with van der Waals surface area (Å²) in [5.41, 5.74) is 0.0986. The van der Waals surface area contributed by atoms with Crippen LogP contribution in [0.3, 0.4) is 0 Å². The van der Waals surface area contributed by atoms with Crippen molar-refractivity contribution in [2.75, 3.05) is 12.4 Å². The lowest BCUT2D eigenvalue weighted by atomic mass is 10.2. The van der Waals surface area contributed by atoms with Crippen LogP contribution < -0.4 is 10.1 Å². The Balaban J connectivity index is 2.29. The van der Waals surface area contributed by atoms with Gasteiger partial charge in [0.2, 0.25) is 0 Å². The summed E-state index contributed by atoms with van der Waals surface area (Å²) in [6.07, 6.45) is 0. The molecule has 0 saturated heterocycles. The molecular formula is C12H9ClN2O4S. The number of anilines is 1. The van der Waals surface area contributed by atoms with Gasteiger partial charge in [0.25, 0.3) is 11.6 Å². The second-order valence-electron chi connectivity index (χ2n) is 3.70. The Bertz CT molecular complexity index is 671. The molecule has 1 aromatic heterocycles. The van der Waals surface area contributed by atoms with E-state index in [4.69, 9.17) is 16.3 Å². The highest BCUT2D eigenvalue weighted by Gasteiger charge is 2.15. The van der Waals surface area contributed by atoms with Crippen LogP contribution >= 0.6 is 22.9 Å². The molecule has 0 aliphatic rings. The summed E-state index contributed by atoms with van der Waals surface area (Å²) in [4.78, 5) is 22.6. The lowest BCUT2D eigenvalue weighted by Crippen LogP contribution is -2.11. The van der Waals surface area contributed by atoms with E-state index in [-0.39, 0.29) is 11.4 Å². The number of rotatable bonds is 4. The molecule has 0 radical (unpaired) electrons. The van der Waals surface area contributed by atoms with Gasteiger partial charge in [0, 0.05) is 12.1 Å². The highest BCUT2D eigenvalue weighted by atomic mass is 35.5. The number of amides is 1. The van der Waals surface area contributed by atoms with Crippen molar-refractivity contribution in [3.05, 3.63) is 49.7 Å². The normalized spacial score (nSPS) is 10.1. The first kappa shape index (κ1) is 14.3. The van der Waals surface area contributed by atoms with E-state index in [0.717, 1.165) is 11.3 Å². The average Bonchev–Trinajstić information content (AvgIpc) is 2.85. The Morgan fingerprint density at radius 2 is 2.15 bits per heavy atom. The number of carbonyl (C=O) groups excluding carboxylic acids is 1. The minimum Gasteiger partial charge on any atom is -0.495 e. The topological polar surface area (TPSA) is 81.5 Å². The van der Waals surface area contributed by atoms with E-state index >= 15 is 0 Å². The molecule has 0 aliphatic carbocycles. The van der Waals surface area contributed by atoms with Crippen molar-refractivity contribution < 1.29 is 14.5 Å². The van der Waals surface area contributed by atoms with E-state index in [1.54, 1.807) is 12.1 Å². The zero-order chi connectivity index (χ0) is 14.7. The molecule has 1 aromatic carbocycles. The lowest BCUT2D eigenvalue weighted by Gasteiger charge is -2.09. The molecule has 2 aromatic rings. The second-order valence-corrected chi connectivity index (χ2v) is 5.41. The van der Waals surface area contributed by atoms with Gasteiger partial charge in [0.05, 0.1) is 26.9 Å². The van der Waals surface area contributed by atoms with E-state index in [9.17, 15) is 14.9 Å². The van der Waals surface area contributed by atoms with E-state index in [1.165, 1.54) is 25.3 Å². The Kier molecular flexibility index (Phi) is 4.21. The molecule has 0 aliphatic heterocycles. The van der Waals surface area contributed by atoms with Crippen molar-refractivity contribution in [3.8, 4) is 5.75 Å². The molecular weight excluding hydrogens is 304 g/mol. The number of ether oxygens (including phenoxy) is 1. The van der Waals surface area contributed by atoms with Crippen LogP contribution in [-0.2, 0) is 0 Å². The number of nitro benzene ring substituents is 1. The number of non-ortho nitro benzene ring substituents is 1. The monoisotopic (exact) mass is 312 g/mol. The predicted molar refractivity (Wildman–Crippen MR) is 76.9 cm³/mol. The summed E-state index contributed by atoms with van der Waals surface area (Å²) in [5.74, 6) is -0.0627. The molecule has 2 rings (SSSR count). The van der Waals surface area contributed by atoms with E-state index in [0.29, 0.717) is 15.0 Å². The summed E-state index contributed by atoms with van der Waals surface area (Å²) in [7, 11) is 1.42. The van der Waals surface area contributed by atoms with Crippen LogP contribution in [0.1, 0.15) is 9.67 Å². The molecule has 1 heterocycles. The maximum Gasteiger partial charge on any atom is 0.271 e. The van der Waals surface area contributed by atoms with Gasteiger partial charge in [-0.25, -0.2) is 0 Å². The smallest absolute Gasteiger partial charge is 0.271 e. The number of hydrogen-bond donors (Lipinski definition) is 1. The second kappa shape index (κ2) is 5.89. The molecule has 0 saturated carbocycles. The SMILES string of the molecule is COc1ccc([N+](=O)[O-])cc1NC(=O)c1ccc(Cl)s1. The van der Waals surface area contributed by atoms with Crippen molar-refractivity contribution >= 4 is 40.2 Å². The van der Waals surface area contributed by atoms with E-state index in [1.807, 2.05) is 0 Å². The molecule has 104 valence electrons. The summed E-state index contributed by atoms with van der Waals surface area (Å²) >= 11 is 6.88. The van der Waals surface area contributed by atoms with Crippen molar-refractivity contribution in [2.24, 2.45) is 0 Å². The predicted octanol–water partition coefficient (Wildman–Crippen LogP) is 3.57. The molecule has 0 fully saturated rings. The van der Waals surface area contributed by atoms with Crippen molar-refractivity contribution in [3.63, 3.8) is 0 Å². The lowest BCUT2D eigenvalue weighted by molar-refractivity contribution is -0.384. The quantitative estimate of drug-likeness (QED) is 0.691. The van der Waals surface area contributed by atoms with Crippen molar-refractivity contribution in [1.82, 2.24) is 0 Å². The van der Waals surface area contributed by atoms with Crippen LogP contribution in [0, 0.1) is 10.1 Å². The summed E-state index contributed by atoms with van der Waals surface area (Å²) < 4.78 is 5.55. The van der Waals surface area contributed by atoms with E-state index < -0.39 is 10.8 Å². The highest BCUT2D eigenvalue weighted by molar-refractivity contribution is 7.18. The molecule has 0 unspecified atom stereocenters. The van der Waals surface area contributed by atoms with Crippen LogP contribution in [0.15, 0.2) is 30.3 Å². The Labute approximate surface area is 123 Å². The third-order valence-electron chi connectivity index (χ3n) is 2.44. The molecule has 20 heavy (non-hydrogen) atoms. The third-order valence-corrected chi connectivity index (χ3v) is 3.67. The van der Waals surface area contributed by atoms with Crippen LogP contribution in [0.2, 0.25) is 4.34 Å². The number of nitrogens with zero attached hydrogens (tertiary/aromatic N) is 1. The molecule has 6 nitrogen and oxygen atoms in total. The minimum atomic E-state index is -0.545. The van der Waals surface area contributed by atoms with Gasteiger partial charge in [-0.15, -0.1) is 11.3 Å². The maximum absolute atomic E-state index is 12.0. The van der Waals surface area contributed by atoms with Crippen LogP contribution in [0.5, 0.6) is 5.75 Å². The first-order valence-corrected chi connectivity index (χ1v) is 6.60. The Morgan fingerprint density at radius 1 is 1.40 bits per heavy atom. The number of benzene rings is 1. The van der Waals surface area contributed by atoms with Crippen molar-refractivity contribution in [1.29, 1.82) is 0 Å². The molecule has 8 heteroatoms. The fraction of sp³-hybridized carbons (Fsp3) is 0.0833. The van der Waals surface area contributed by atoms with Gasteiger partial charge < -0.3 is 10.1 Å². The van der Waals surface area contributed by atoms with Gasteiger partial charge in [-0.1, -0.05) is 11.6 Å². The highest BCUT2D eigenvalue weighted by Crippen LogP contribution is 2.30. The summed E-state index contributed by atoms with van der Waals surface area (Å²) in [5, 5.41) is 13.3. The fourth-order valence-corrected chi connectivity index (χ4v) is 2.47. The molecule has 0 atom stereocenters. The summed E-state index contributed by atoms with van der Waals surface area (Å²) in [6.45, 7) is 0. The molecule has 0 bridgehead atoms. The van der Waals surface area contributed by atoms with E-state index in [2.05, 4.69) is 5.32 Å². The number of methoxy groups -OCH3 is 1. The number of hydrogen-bond acceptors (Lipinski definition) is 5. The van der Waals surface area contributed by atoms with Gasteiger partial charge in [-0.05, 0) is 18.2 Å². The maximum atomic E-state index is 12.0. The molecule has 1 amide bonds. The Morgan fingerprint density at radius 3 is 2.70 bits per heavy atom. The number of thiophene rings is 1. The van der Waals surface area contributed by atoms with Gasteiger partial charge >= 0.3 is 0 Å². The van der Waals surface area contributed by atoms with Crippen LogP contribution in [0.25, 0.3) is 0 Å². The third kappa shape index (κ3) is 3.06. The number of carbonyl (C=O) groups is 1. The first-order valence-electron chi connectivity index (χ1n) is 5.40. The van der Waals surface area contributed by atoms with Gasteiger partial charge in [0.15, 0.2) is 0 Å². The number of nitrogens with one attached hydrogen (secondary N) is 1. The first-order chi connectivity index (χ1) is 9.51. The molecule has 0 spiro atoms. The van der Waals surface area contributed by atoms with Crippen molar-refractivity contribution in [2.45, 2.75) is 0 Å². The van der Waals surface area contributed by atoms with Gasteiger partial charge in [-0.2, -0.15) is 0 Å². The number of nitro groups is 1. The zero-order valence-electron chi connectivity index (χ0n) is 10.3.